The number of alkyl halides is 3. The summed E-state index contributed by atoms with van der Waals surface area (Å²) in [4.78, 5) is 31.1. The number of benzene rings is 1. The number of pyridine rings is 1. The molecule has 1 aliphatic heterocycles. The first kappa shape index (κ1) is 24.1. The highest BCUT2D eigenvalue weighted by molar-refractivity contribution is 6.20. The molecule has 3 aromatic rings. The number of ketones is 1. The summed E-state index contributed by atoms with van der Waals surface area (Å²) in [6.45, 7) is 5.68. The van der Waals surface area contributed by atoms with Gasteiger partial charge in [0, 0.05) is 11.8 Å². The van der Waals surface area contributed by atoms with Gasteiger partial charge in [-0.3, -0.25) is 19.5 Å². The number of aliphatic hydroxyl groups is 1. The lowest BCUT2D eigenvalue weighted by Gasteiger charge is -2.25. The lowest BCUT2D eigenvalue weighted by molar-refractivity contribution is -0.141. The summed E-state index contributed by atoms with van der Waals surface area (Å²) in [5, 5.41) is 18.7. The van der Waals surface area contributed by atoms with E-state index in [4.69, 9.17) is 0 Å². The smallest absolute Gasteiger partial charge is 0.433 e. The maximum atomic E-state index is 13.5. The van der Waals surface area contributed by atoms with Crippen LogP contribution in [0.3, 0.4) is 0 Å². The first-order chi connectivity index (χ1) is 16.5. The molecule has 1 aromatic carbocycles. The Morgan fingerprint density at radius 2 is 1.71 bits per heavy atom. The normalized spacial score (nSPS) is 16.4. The van der Waals surface area contributed by atoms with Crippen LogP contribution in [0.4, 0.5) is 19.0 Å². The molecule has 35 heavy (non-hydrogen) atoms. The second kappa shape index (κ2) is 8.94. The van der Waals surface area contributed by atoms with Crippen molar-refractivity contribution in [3.05, 3.63) is 94.1 Å². The van der Waals surface area contributed by atoms with Crippen LogP contribution in [0.5, 0.6) is 0 Å². The van der Waals surface area contributed by atoms with Crippen LogP contribution in [0.2, 0.25) is 0 Å². The molecule has 0 spiro atoms. The molecule has 1 N–H and O–H groups in total. The molecule has 0 unspecified atom stereocenters. The van der Waals surface area contributed by atoms with Crippen molar-refractivity contribution >= 4 is 17.5 Å². The Balaban J connectivity index is 1.83. The first-order valence-corrected chi connectivity index (χ1v) is 10.7. The van der Waals surface area contributed by atoms with Crippen LogP contribution in [0.25, 0.3) is 0 Å². The minimum absolute atomic E-state index is 0.0232. The van der Waals surface area contributed by atoms with E-state index in [2.05, 4.69) is 15.2 Å². The number of aryl methyl sites for hydroxylation is 1. The Hall–Kier alpha value is -4.08. The van der Waals surface area contributed by atoms with Gasteiger partial charge < -0.3 is 5.11 Å². The fourth-order valence-electron chi connectivity index (χ4n) is 3.82. The SMILES string of the molecule is Cc1ccc(N2C(=O)C(O)=C(C(=O)c3ccc(C(C)C)cc3)[C@H]2c2ccc(C(F)(F)F)nc2)nn1. The van der Waals surface area contributed by atoms with Crippen molar-refractivity contribution in [1.82, 2.24) is 15.2 Å². The Morgan fingerprint density at radius 3 is 2.23 bits per heavy atom. The van der Waals surface area contributed by atoms with E-state index in [0.717, 1.165) is 28.8 Å². The summed E-state index contributed by atoms with van der Waals surface area (Å²) < 4.78 is 39.2. The molecule has 2 aromatic heterocycles. The molecule has 7 nitrogen and oxygen atoms in total. The van der Waals surface area contributed by atoms with Crippen molar-refractivity contribution in [3.63, 3.8) is 0 Å². The molecule has 4 rings (SSSR count). The van der Waals surface area contributed by atoms with Crippen molar-refractivity contribution < 1.29 is 27.9 Å². The highest BCUT2D eigenvalue weighted by Crippen LogP contribution is 2.41. The van der Waals surface area contributed by atoms with Crippen LogP contribution >= 0.6 is 0 Å². The minimum atomic E-state index is -4.67. The lowest BCUT2D eigenvalue weighted by Crippen LogP contribution is -2.32. The molecule has 0 bridgehead atoms. The van der Waals surface area contributed by atoms with Crippen molar-refractivity contribution in [2.24, 2.45) is 0 Å². The monoisotopic (exact) mass is 482 g/mol. The molecule has 180 valence electrons. The minimum Gasteiger partial charge on any atom is -0.503 e. The number of carbonyl (C=O) groups excluding carboxylic acids is 2. The van der Waals surface area contributed by atoms with Gasteiger partial charge in [0.05, 0.1) is 17.3 Å². The zero-order chi connectivity index (χ0) is 25.5. The van der Waals surface area contributed by atoms with E-state index in [0.29, 0.717) is 5.69 Å². The number of aliphatic hydroxyl groups excluding tert-OH is 1. The second-order valence-electron chi connectivity index (χ2n) is 8.45. The van der Waals surface area contributed by atoms with Gasteiger partial charge in [0.25, 0.3) is 5.91 Å². The van der Waals surface area contributed by atoms with E-state index in [1.54, 1.807) is 37.3 Å². The summed E-state index contributed by atoms with van der Waals surface area (Å²) >= 11 is 0. The predicted octanol–water partition coefficient (Wildman–Crippen LogP) is 5.11. The highest BCUT2D eigenvalue weighted by Gasteiger charge is 2.46. The summed E-state index contributed by atoms with van der Waals surface area (Å²) in [5.74, 6) is -2.12. The third-order valence-electron chi connectivity index (χ3n) is 5.72. The van der Waals surface area contributed by atoms with Crippen molar-refractivity contribution in [2.45, 2.75) is 38.9 Å². The van der Waals surface area contributed by atoms with Gasteiger partial charge >= 0.3 is 6.18 Å². The van der Waals surface area contributed by atoms with Crippen LogP contribution < -0.4 is 4.90 Å². The molecule has 0 aliphatic carbocycles. The third-order valence-corrected chi connectivity index (χ3v) is 5.72. The van der Waals surface area contributed by atoms with Crippen molar-refractivity contribution in [2.75, 3.05) is 4.90 Å². The number of carbonyl (C=O) groups is 2. The van der Waals surface area contributed by atoms with Gasteiger partial charge in [-0.2, -0.15) is 18.3 Å². The lowest BCUT2D eigenvalue weighted by atomic mass is 9.92. The zero-order valence-corrected chi connectivity index (χ0v) is 19.0. The fraction of sp³-hybridized carbons (Fsp3) is 0.240. The van der Waals surface area contributed by atoms with Gasteiger partial charge in [0.2, 0.25) is 0 Å². The number of rotatable bonds is 5. The molecule has 3 heterocycles. The first-order valence-electron chi connectivity index (χ1n) is 10.7. The maximum Gasteiger partial charge on any atom is 0.433 e. The van der Waals surface area contributed by atoms with Gasteiger partial charge in [0.15, 0.2) is 17.4 Å². The third kappa shape index (κ3) is 4.51. The second-order valence-corrected chi connectivity index (χ2v) is 8.45. The van der Waals surface area contributed by atoms with Gasteiger partial charge in [-0.1, -0.05) is 44.2 Å². The summed E-state index contributed by atoms with van der Waals surface area (Å²) in [6.07, 6.45) is -3.73. The van der Waals surface area contributed by atoms with E-state index in [9.17, 15) is 27.9 Å². The molecule has 10 heteroatoms. The molecular formula is C25H21F3N4O3. The Labute approximate surface area is 199 Å². The number of nitrogens with zero attached hydrogens (tertiary/aromatic N) is 4. The Bertz CT molecular complexity index is 1300. The number of amides is 1. The van der Waals surface area contributed by atoms with Crippen LogP contribution in [-0.2, 0) is 11.0 Å². The molecular weight excluding hydrogens is 461 g/mol. The standard InChI is InChI=1S/C25H21F3N4O3/c1-13(2)15-5-7-16(8-6-15)22(33)20-21(17-9-10-18(29-12-17)25(26,27)28)32(24(35)23(20)34)19-11-4-14(3)30-31-19/h4-13,21,34H,1-3H3/t21-/m1/s1. The van der Waals surface area contributed by atoms with E-state index in [-0.39, 0.29) is 28.4 Å². The molecule has 0 saturated carbocycles. The van der Waals surface area contributed by atoms with E-state index in [1.165, 1.54) is 6.07 Å². The average molecular weight is 482 g/mol. The Kier molecular flexibility index (Phi) is 6.14. The van der Waals surface area contributed by atoms with Gasteiger partial charge in [-0.15, -0.1) is 5.10 Å². The number of aromatic nitrogens is 3. The molecule has 1 atom stereocenters. The fourth-order valence-corrected chi connectivity index (χ4v) is 3.82. The van der Waals surface area contributed by atoms with Gasteiger partial charge in [0.1, 0.15) is 5.69 Å². The zero-order valence-electron chi connectivity index (χ0n) is 19.0. The highest BCUT2D eigenvalue weighted by atomic mass is 19.4. The van der Waals surface area contributed by atoms with Gasteiger partial charge in [-0.05, 0) is 42.2 Å². The van der Waals surface area contributed by atoms with E-state index < -0.39 is 35.4 Å². The largest absolute Gasteiger partial charge is 0.503 e. The van der Waals surface area contributed by atoms with Gasteiger partial charge in [-0.25, -0.2) is 0 Å². The average Bonchev–Trinajstić information content (AvgIpc) is 3.09. The number of hydrogen-bond donors (Lipinski definition) is 1. The van der Waals surface area contributed by atoms with Crippen LogP contribution in [0.15, 0.2) is 66.1 Å². The summed E-state index contributed by atoms with van der Waals surface area (Å²) in [6, 6.07) is 10.4. The number of halogens is 3. The molecule has 0 radical (unpaired) electrons. The summed E-state index contributed by atoms with van der Waals surface area (Å²) in [7, 11) is 0. The van der Waals surface area contributed by atoms with Crippen LogP contribution in [0.1, 0.15) is 58.7 Å². The van der Waals surface area contributed by atoms with Crippen LogP contribution in [0, 0.1) is 6.92 Å². The molecule has 1 amide bonds. The molecule has 0 saturated heterocycles. The number of Topliss-reactive ketones (excluding diaryl/α,β-unsaturated/α-hetero) is 1. The number of anilines is 1. The molecule has 1 aliphatic rings. The predicted molar refractivity (Wildman–Crippen MR) is 121 cm³/mol. The van der Waals surface area contributed by atoms with E-state index >= 15 is 0 Å². The quantitative estimate of drug-likeness (QED) is 0.508. The van der Waals surface area contributed by atoms with Crippen molar-refractivity contribution in [3.8, 4) is 0 Å². The maximum absolute atomic E-state index is 13.5. The van der Waals surface area contributed by atoms with E-state index in [1.807, 2.05) is 13.8 Å². The van der Waals surface area contributed by atoms with Crippen molar-refractivity contribution in [1.29, 1.82) is 0 Å². The molecule has 0 fully saturated rings. The number of hydrogen-bond acceptors (Lipinski definition) is 6. The summed E-state index contributed by atoms with van der Waals surface area (Å²) in [5.41, 5.74) is 0.452. The topological polar surface area (TPSA) is 96.3 Å². The van der Waals surface area contributed by atoms with Crippen LogP contribution in [-0.4, -0.2) is 32.0 Å². The Morgan fingerprint density at radius 1 is 1.03 bits per heavy atom.